The fourth-order valence-electron chi connectivity index (χ4n) is 1.40. The van der Waals surface area contributed by atoms with E-state index in [0.717, 1.165) is 12.1 Å². The summed E-state index contributed by atoms with van der Waals surface area (Å²) in [5, 5.41) is 4.34. The maximum atomic E-state index is 4.34. The van der Waals surface area contributed by atoms with Crippen LogP contribution in [0.15, 0.2) is 23.9 Å². The zero-order chi connectivity index (χ0) is 8.55. The average molecular weight is 160 g/mol. The lowest BCUT2D eigenvalue weighted by atomic mass is 10.2. The summed E-state index contributed by atoms with van der Waals surface area (Å²) < 4.78 is 1.86. The average Bonchev–Trinajstić information content (AvgIpc) is 2.31. The maximum absolute atomic E-state index is 4.34. The zero-order valence-corrected chi connectivity index (χ0v) is 7.41. The molecule has 0 spiro atoms. The SMILES string of the molecule is CC1=CCc2cn(C)nc2C=C1. The van der Waals surface area contributed by atoms with Crippen LogP contribution in [-0.2, 0) is 13.5 Å². The monoisotopic (exact) mass is 160 g/mol. The molecule has 1 aromatic heterocycles. The molecule has 1 heterocycles. The summed E-state index contributed by atoms with van der Waals surface area (Å²) in [4.78, 5) is 0. The molecule has 0 N–H and O–H groups in total. The van der Waals surface area contributed by atoms with Gasteiger partial charge in [0, 0.05) is 18.8 Å². The molecule has 1 aliphatic carbocycles. The molecule has 2 rings (SSSR count). The Kier molecular flexibility index (Phi) is 1.61. The maximum Gasteiger partial charge on any atom is 0.0886 e. The molecule has 0 aromatic carbocycles. The van der Waals surface area contributed by atoms with Crippen molar-refractivity contribution >= 4 is 6.08 Å². The Labute approximate surface area is 72.2 Å². The molecule has 0 atom stereocenters. The van der Waals surface area contributed by atoms with E-state index in [9.17, 15) is 0 Å². The van der Waals surface area contributed by atoms with Crippen molar-refractivity contribution in [2.75, 3.05) is 0 Å². The molecule has 1 aliphatic rings. The number of fused-ring (bicyclic) bond motifs is 1. The van der Waals surface area contributed by atoms with Crippen molar-refractivity contribution in [2.24, 2.45) is 7.05 Å². The molecule has 2 heteroatoms. The first-order valence-electron chi connectivity index (χ1n) is 4.13. The van der Waals surface area contributed by atoms with Crippen molar-refractivity contribution in [3.8, 4) is 0 Å². The van der Waals surface area contributed by atoms with Crippen LogP contribution >= 0.6 is 0 Å². The molecular weight excluding hydrogens is 148 g/mol. The molecule has 0 saturated carbocycles. The number of allylic oxidation sites excluding steroid dienone is 3. The van der Waals surface area contributed by atoms with Gasteiger partial charge in [0.25, 0.3) is 0 Å². The predicted molar refractivity (Wildman–Crippen MR) is 49.7 cm³/mol. The van der Waals surface area contributed by atoms with Gasteiger partial charge >= 0.3 is 0 Å². The van der Waals surface area contributed by atoms with Crippen molar-refractivity contribution in [1.82, 2.24) is 9.78 Å². The Balaban J connectivity index is 2.46. The summed E-state index contributed by atoms with van der Waals surface area (Å²) in [6, 6.07) is 0. The van der Waals surface area contributed by atoms with Crippen molar-refractivity contribution in [3.63, 3.8) is 0 Å². The van der Waals surface area contributed by atoms with Gasteiger partial charge < -0.3 is 0 Å². The second-order valence-corrected chi connectivity index (χ2v) is 3.20. The summed E-state index contributed by atoms with van der Waals surface area (Å²) in [7, 11) is 1.96. The Hall–Kier alpha value is -1.31. The van der Waals surface area contributed by atoms with Gasteiger partial charge in [0.05, 0.1) is 5.69 Å². The van der Waals surface area contributed by atoms with Gasteiger partial charge in [0.1, 0.15) is 0 Å². The summed E-state index contributed by atoms with van der Waals surface area (Å²) in [6.45, 7) is 2.11. The van der Waals surface area contributed by atoms with Gasteiger partial charge in [-0.2, -0.15) is 5.10 Å². The normalized spacial score (nSPS) is 15.3. The minimum absolute atomic E-state index is 1.00. The van der Waals surface area contributed by atoms with Gasteiger partial charge in [-0.15, -0.1) is 0 Å². The number of hydrogen-bond acceptors (Lipinski definition) is 1. The highest BCUT2D eigenvalue weighted by atomic mass is 15.2. The lowest BCUT2D eigenvalue weighted by molar-refractivity contribution is 0.764. The van der Waals surface area contributed by atoms with Crippen LogP contribution in [0.2, 0.25) is 0 Å². The van der Waals surface area contributed by atoms with E-state index in [2.05, 4.69) is 36.4 Å². The van der Waals surface area contributed by atoms with Gasteiger partial charge in [-0.25, -0.2) is 0 Å². The molecule has 0 fully saturated rings. The van der Waals surface area contributed by atoms with Crippen LogP contribution in [0.4, 0.5) is 0 Å². The van der Waals surface area contributed by atoms with Crippen LogP contribution in [0.1, 0.15) is 18.2 Å². The molecule has 0 saturated heterocycles. The van der Waals surface area contributed by atoms with E-state index in [1.807, 2.05) is 11.7 Å². The smallest absolute Gasteiger partial charge is 0.0886 e. The van der Waals surface area contributed by atoms with E-state index in [1.54, 1.807) is 0 Å². The van der Waals surface area contributed by atoms with Crippen LogP contribution in [0.5, 0.6) is 0 Å². The van der Waals surface area contributed by atoms with E-state index in [1.165, 1.54) is 11.1 Å². The summed E-state index contributed by atoms with van der Waals surface area (Å²) in [5.74, 6) is 0. The molecule has 0 bridgehead atoms. The van der Waals surface area contributed by atoms with Crippen molar-refractivity contribution in [1.29, 1.82) is 0 Å². The predicted octanol–water partition coefficient (Wildman–Crippen LogP) is 1.94. The third kappa shape index (κ3) is 1.20. The lowest BCUT2D eigenvalue weighted by Gasteiger charge is -1.88. The van der Waals surface area contributed by atoms with Gasteiger partial charge in [0.2, 0.25) is 0 Å². The third-order valence-electron chi connectivity index (χ3n) is 2.09. The van der Waals surface area contributed by atoms with Crippen LogP contribution in [0, 0.1) is 0 Å². The van der Waals surface area contributed by atoms with E-state index >= 15 is 0 Å². The second kappa shape index (κ2) is 2.63. The minimum Gasteiger partial charge on any atom is -0.275 e. The van der Waals surface area contributed by atoms with E-state index in [-0.39, 0.29) is 0 Å². The fraction of sp³-hybridized carbons (Fsp3) is 0.300. The minimum atomic E-state index is 1.00. The number of hydrogen-bond donors (Lipinski definition) is 0. The second-order valence-electron chi connectivity index (χ2n) is 3.20. The Morgan fingerprint density at radius 3 is 3.08 bits per heavy atom. The molecule has 2 nitrogen and oxygen atoms in total. The first kappa shape index (κ1) is 7.35. The third-order valence-corrected chi connectivity index (χ3v) is 2.09. The summed E-state index contributed by atoms with van der Waals surface area (Å²) in [5.41, 5.74) is 3.73. The summed E-state index contributed by atoms with van der Waals surface area (Å²) >= 11 is 0. The van der Waals surface area contributed by atoms with Crippen molar-refractivity contribution in [2.45, 2.75) is 13.3 Å². The van der Waals surface area contributed by atoms with Crippen LogP contribution in [0.3, 0.4) is 0 Å². The van der Waals surface area contributed by atoms with E-state index in [0.29, 0.717) is 0 Å². The lowest BCUT2D eigenvalue weighted by Crippen LogP contribution is -1.86. The molecular formula is C10H12N2. The van der Waals surface area contributed by atoms with Crippen molar-refractivity contribution < 1.29 is 0 Å². The number of aryl methyl sites for hydroxylation is 1. The molecule has 0 amide bonds. The highest BCUT2D eigenvalue weighted by Crippen LogP contribution is 2.15. The molecule has 0 unspecified atom stereocenters. The number of aromatic nitrogens is 2. The highest BCUT2D eigenvalue weighted by molar-refractivity contribution is 5.54. The fourth-order valence-corrected chi connectivity index (χ4v) is 1.40. The Morgan fingerprint density at radius 1 is 1.42 bits per heavy atom. The van der Waals surface area contributed by atoms with E-state index in [4.69, 9.17) is 0 Å². The molecule has 62 valence electrons. The molecule has 0 aliphatic heterocycles. The first-order chi connectivity index (χ1) is 5.75. The first-order valence-corrected chi connectivity index (χ1v) is 4.13. The quantitative estimate of drug-likeness (QED) is 0.567. The standard InChI is InChI=1S/C10H12N2/c1-8-3-5-9-7-12(2)11-10(9)6-4-8/h3-4,6-7H,5H2,1-2H3. The van der Waals surface area contributed by atoms with Gasteiger partial charge in [-0.1, -0.05) is 17.7 Å². The van der Waals surface area contributed by atoms with Gasteiger partial charge in [-0.3, -0.25) is 4.68 Å². The molecule has 0 radical (unpaired) electrons. The van der Waals surface area contributed by atoms with Gasteiger partial charge in [0.15, 0.2) is 0 Å². The van der Waals surface area contributed by atoms with E-state index < -0.39 is 0 Å². The van der Waals surface area contributed by atoms with Crippen LogP contribution in [-0.4, -0.2) is 9.78 Å². The van der Waals surface area contributed by atoms with Gasteiger partial charge in [-0.05, 0) is 19.4 Å². The Bertz CT molecular complexity index is 356. The number of rotatable bonds is 0. The molecule has 12 heavy (non-hydrogen) atoms. The topological polar surface area (TPSA) is 17.8 Å². The number of nitrogens with zero attached hydrogens (tertiary/aromatic N) is 2. The highest BCUT2D eigenvalue weighted by Gasteiger charge is 2.05. The largest absolute Gasteiger partial charge is 0.275 e. The van der Waals surface area contributed by atoms with Crippen molar-refractivity contribution in [3.05, 3.63) is 35.2 Å². The zero-order valence-electron chi connectivity index (χ0n) is 7.41. The molecule has 1 aromatic rings. The Morgan fingerprint density at radius 2 is 2.25 bits per heavy atom. The van der Waals surface area contributed by atoms with Crippen LogP contribution < -0.4 is 0 Å². The summed E-state index contributed by atoms with van der Waals surface area (Å²) in [6.07, 6.45) is 9.49. The van der Waals surface area contributed by atoms with Crippen LogP contribution in [0.25, 0.3) is 6.08 Å².